The summed E-state index contributed by atoms with van der Waals surface area (Å²) in [5.41, 5.74) is 7.62. The number of halogens is 1. The van der Waals surface area contributed by atoms with Gasteiger partial charge in [-0.3, -0.25) is 24.6 Å². The van der Waals surface area contributed by atoms with Crippen molar-refractivity contribution in [3.63, 3.8) is 0 Å². The Hall–Kier alpha value is -4.61. The van der Waals surface area contributed by atoms with Crippen molar-refractivity contribution in [2.24, 2.45) is 0 Å². The van der Waals surface area contributed by atoms with Gasteiger partial charge in [-0.1, -0.05) is 72.3 Å². The second-order valence-electron chi connectivity index (χ2n) is 11.5. The summed E-state index contributed by atoms with van der Waals surface area (Å²) in [6.07, 6.45) is 5.03. The van der Waals surface area contributed by atoms with Gasteiger partial charge in [-0.05, 0) is 40.8 Å². The number of hydrogen-bond acceptors (Lipinski definition) is 7. The molecular formula is C35H35ClN6O4. The van der Waals surface area contributed by atoms with Crippen LogP contribution in [0.2, 0.25) is 5.02 Å². The fourth-order valence-electron chi connectivity index (χ4n) is 5.73. The number of carbonyl (C=O) groups is 2. The fourth-order valence-corrected chi connectivity index (χ4v) is 6.07. The van der Waals surface area contributed by atoms with Crippen molar-refractivity contribution in [1.82, 2.24) is 30.7 Å². The Kier molecular flexibility index (Phi) is 9.70. The average molecular weight is 639 g/mol. The van der Waals surface area contributed by atoms with E-state index in [1.165, 1.54) is 0 Å². The lowest BCUT2D eigenvalue weighted by Crippen LogP contribution is -2.39. The molecule has 0 aliphatic carbocycles. The van der Waals surface area contributed by atoms with Crippen molar-refractivity contribution < 1.29 is 19.8 Å². The number of amides is 1. The van der Waals surface area contributed by atoms with Gasteiger partial charge in [-0.2, -0.15) is 5.10 Å². The summed E-state index contributed by atoms with van der Waals surface area (Å²) in [5.74, 6) is -0.971. The van der Waals surface area contributed by atoms with E-state index >= 15 is 0 Å². The molecule has 46 heavy (non-hydrogen) atoms. The summed E-state index contributed by atoms with van der Waals surface area (Å²) in [6, 6.07) is 23.5. The number of carboxylic acid groups (broad SMARTS) is 1. The number of nitrogens with one attached hydrogen (secondary N) is 3. The largest absolute Gasteiger partial charge is 0.480 e. The molecule has 5 N–H and O–H groups in total. The summed E-state index contributed by atoms with van der Waals surface area (Å²) in [4.78, 5) is 27.1. The molecule has 1 aliphatic rings. The van der Waals surface area contributed by atoms with Gasteiger partial charge in [0.05, 0.1) is 35.6 Å². The summed E-state index contributed by atoms with van der Waals surface area (Å²) < 4.78 is 1.90. The number of carboxylic acids is 1. The Morgan fingerprint density at radius 1 is 0.978 bits per heavy atom. The van der Waals surface area contributed by atoms with Crippen LogP contribution in [0.1, 0.15) is 29.7 Å². The fraction of sp³-hybridized carbons (Fsp3) is 0.257. The molecule has 0 spiro atoms. The molecule has 3 aromatic carbocycles. The highest BCUT2D eigenvalue weighted by Crippen LogP contribution is 2.39. The lowest BCUT2D eigenvalue weighted by Gasteiger charge is -2.13. The van der Waals surface area contributed by atoms with Crippen LogP contribution in [0.5, 0.6) is 0 Å². The molecule has 0 radical (unpaired) electrons. The number of hydrogen-bond donors (Lipinski definition) is 5. The molecule has 10 nitrogen and oxygen atoms in total. The predicted molar refractivity (Wildman–Crippen MR) is 177 cm³/mol. The van der Waals surface area contributed by atoms with Gasteiger partial charge in [0.15, 0.2) is 0 Å². The van der Waals surface area contributed by atoms with Gasteiger partial charge < -0.3 is 20.8 Å². The van der Waals surface area contributed by atoms with Crippen molar-refractivity contribution in [3.8, 4) is 22.3 Å². The van der Waals surface area contributed by atoms with Crippen LogP contribution in [-0.4, -0.2) is 62.1 Å². The molecule has 6 rings (SSSR count). The van der Waals surface area contributed by atoms with Crippen LogP contribution in [0, 0.1) is 0 Å². The highest BCUT2D eigenvalue weighted by atomic mass is 35.5. The first-order valence-corrected chi connectivity index (χ1v) is 15.6. The lowest BCUT2D eigenvalue weighted by molar-refractivity contribution is -0.140. The van der Waals surface area contributed by atoms with Gasteiger partial charge >= 0.3 is 5.97 Å². The summed E-state index contributed by atoms with van der Waals surface area (Å²) >= 11 is 7.07. The minimum absolute atomic E-state index is 0.129. The number of aliphatic carboxylic acids is 1. The SMILES string of the molecule is O=C1CC[C@@H](CNCc2ccc(-c3cccc(-c4cccc5c4cnn5Cc4ccc(CN[C@@H](CO)C(=O)O)cn4)c3Cl)cc2)N1. The third kappa shape index (κ3) is 7.11. The van der Waals surface area contributed by atoms with E-state index in [0.29, 0.717) is 18.0 Å². The maximum atomic E-state index is 11.4. The molecular weight excluding hydrogens is 604 g/mol. The van der Waals surface area contributed by atoms with Gasteiger partial charge in [0.25, 0.3) is 0 Å². The molecule has 2 aromatic heterocycles. The van der Waals surface area contributed by atoms with Crippen LogP contribution in [0.15, 0.2) is 85.2 Å². The Bertz CT molecular complexity index is 1840. The third-order valence-corrected chi connectivity index (χ3v) is 8.68. The van der Waals surface area contributed by atoms with Gasteiger partial charge in [-0.25, -0.2) is 0 Å². The molecule has 1 amide bonds. The molecule has 2 atom stereocenters. The second kappa shape index (κ2) is 14.2. The molecule has 1 fully saturated rings. The molecule has 0 saturated carbocycles. The summed E-state index contributed by atoms with van der Waals surface area (Å²) in [6.45, 7) is 1.73. The molecule has 0 bridgehead atoms. The third-order valence-electron chi connectivity index (χ3n) is 8.28. The Morgan fingerprint density at radius 3 is 2.46 bits per heavy atom. The topological polar surface area (TPSA) is 141 Å². The average Bonchev–Trinajstić information content (AvgIpc) is 3.68. The monoisotopic (exact) mass is 638 g/mol. The van der Waals surface area contributed by atoms with E-state index in [-0.39, 0.29) is 18.5 Å². The van der Waals surface area contributed by atoms with E-state index in [9.17, 15) is 14.7 Å². The quantitative estimate of drug-likeness (QED) is 0.128. The van der Waals surface area contributed by atoms with Crippen LogP contribution in [0.4, 0.5) is 0 Å². The zero-order chi connectivity index (χ0) is 32.0. The maximum Gasteiger partial charge on any atom is 0.323 e. The van der Waals surface area contributed by atoms with Gasteiger partial charge in [0.2, 0.25) is 5.91 Å². The minimum atomic E-state index is -1.10. The molecule has 1 saturated heterocycles. The number of benzene rings is 3. The number of aliphatic hydroxyl groups is 1. The van der Waals surface area contributed by atoms with Crippen LogP contribution in [0.3, 0.4) is 0 Å². The van der Waals surface area contributed by atoms with Crippen molar-refractivity contribution >= 4 is 34.4 Å². The molecule has 236 valence electrons. The first kappa shape index (κ1) is 31.4. The van der Waals surface area contributed by atoms with Crippen LogP contribution in [0.25, 0.3) is 33.2 Å². The second-order valence-corrected chi connectivity index (χ2v) is 11.8. The molecule has 1 aliphatic heterocycles. The zero-order valence-corrected chi connectivity index (χ0v) is 25.9. The van der Waals surface area contributed by atoms with E-state index < -0.39 is 18.6 Å². The number of aliphatic hydroxyl groups excluding tert-OH is 1. The van der Waals surface area contributed by atoms with Crippen molar-refractivity contribution in [2.45, 2.75) is 44.6 Å². The number of aromatic nitrogens is 3. The van der Waals surface area contributed by atoms with Crippen molar-refractivity contribution in [1.29, 1.82) is 0 Å². The molecule has 5 aromatic rings. The van der Waals surface area contributed by atoms with E-state index in [2.05, 4.69) is 56.4 Å². The van der Waals surface area contributed by atoms with Gasteiger partial charge in [0.1, 0.15) is 6.04 Å². The molecule has 11 heteroatoms. The highest BCUT2D eigenvalue weighted by molar-refractivity contribution is 6.36. The van der Waals surface area contributed by atoms with Crippen LogP contribution < -0.4 is 16.0 Å². The number of rotatable bonds is 13. The standard InChI is InChI=1S/C35H35ClN6O4/c36-34-27(24-10-7-22(8-11-24)15-37-18-25-13-14-33(44)41-25)3-1-5-29(34)28-4-2-6-32-30(28)19-40-42(32)20-26-12-9-23(16-38-26)17-39-31(21-43)35(45)46/h1-12,16,19,25,31,37,39,43H,13-15,17-18,20-21H2,(H,41,44)(H,45,46)/t25-,31-/m0/s1. The summed E-state index contributed by atoms with van der Waals surface area (Å²) in [7, 11) is 0. The van der Waals surface area contributed by atoms with Gasteiger partial charge in [-0.15, -0.1) is 0 Å². The molecule has 3 heterocycles. The number of carbonyl (C=O) groups excluding carboxylic acids is 1. The normalized spacial score (nSPS) is 15.3. The predicted octanol–water partition coefficient (Wildman–Crippen LogP) is 4.37. The van der Waals surface area contributed by atoms with Crippen molar-refractivity contribution in [2.75, 3.05) is 13.2 Å². The Labute approximate surface area is 271 Å². The summed E-state index contributed by atoms with van der Waals surface area (Å²) in [5, 5.41) is 33.8. The van der Waals surface area contributed by atoms with Gasteiger partial charge in [0, 0.05) is 54.8 Å². The van der Waals surface area contributed by atoms with Crippen LogP contribution in [-0.2, 0) is 29.2 Å². The maximum absolute atomic E-state index is 11.4. The lowest BCUT2D eigenvalue weighted by atomic mass is 9.96. The van der Waals surface area contributed by atoms with E-state index in [4.69, 9.17) is 16.7 Å². The number of pyridine rings is 1. The molecule has 0 unspecified atom stereocenters. The first-order valence-electron chi connectivity index (χ1n) is 15.2. The Morgan fingerprint density at radius 2 is 1.74 bits per heavy atom. The van der Waals surface area contributed by atoms with Crippen LogP contribution >= 0.6 is 11.6 Å². The smallest absolute Gasteiger partial charge is 0.323 e. The van der Waals surface area contributed by atoms with Crippen molar-refractivity contribution in [3.05, 3.63) is 107 Å². The minimum Gasteiger partial charge on any atom is -0.480 e. The van der Waals surface area contributed by atoms with E-state index in [1.807, 2.05) is 53.3 Å². The zero-order valence-electron chi connectivity index (χ0n) is 25.1. The highest BCUT2D eigenvalue weighted by Gasteiger charge is 2.20. The van der Waals surface area contributed by atoms with E-state index in [1.54, 1.807) is 6.20 Å². The number of nitrogens with zero attached hydrogens (tertiary/aromatic N) is 3. The first-order chi connectivity index (χ1) is 22.4. The number of fused-ring (bicyclic) bond motifs is 1. The van der Waals surface area contributed by atoms with E-state index in [0.717, 1.165) is 69.5 Å². The Balaban J connectivity index is 1.15.